The van der Waals surface area contributed by atoms with Crippen molar-refractivity contribution in [1.29, 1.82) is 0 Å². The van der Waals surface area contributed by atoms with Gasteiger partial charge in [0.2, 0.25) is 10.0 Å². The van der Waals surface area contributed by atoms with Crippen LogP contribution in [-0.4, -0.2) is 20.5 Å². The van der Waals surface area contributed by atoms with Crippen molar-refractivity contribution in [3.63, 3.8) is 0 Å². The number of carbonyl (C=O) groups is 1. The minimum Gasteiger partial charge on any atom is -0.457 e. The smallest absolute Gasteiger partial charge is 0.229 e. The van der Waals surface area contributed by atoms with Crippen molar-refractivity contribution in [2.75, 3.05) is 11.0 Å². The summed E-state index contributed by atoms with van der Waals surface area (Å²) < 4.78 is 30.4. The molecule has 0 aliphatic rings. The summed E-state index contributed by atoms with van der Waals surface area (Å²) in [5, 5.41) is 0.584. The van der Waals surface area contributed by atoms with Gasteiger partial charge in [0, 0.05) is 16.8 Å². The summed E-state index contributed by atoms with van der Waals surface area (Å²) in [5.41, 5.74) is 1.61. The van der Waals surface area contributed by atoms with E-state index >= 15 is 0 Å². The molecule has 27 heavy (non-hydrogen) atoms. The zero-order valence-electron chi connectivity index (χ0n) is 14.3. The zero-order chi connectivity index (χ0) is 19.4. The highest BCUT2D eigenvalue weighted by molar-refractivity contribution is 7.92. The molecule has 0 bridgehead atoms. The van der Waals surface area contributed by atoms with Crippen LogP contribution >= 0.6 is 11.6 Å². The molecule has 2 aromatic carbocycles. The van der Waals surface area contributed by atoms with Gasteiger partial charge in [0.25, 0.3) is 0 Å². The molecule has 3 rings (SSSR count). The number of sulfonamides is 1. The molecule has 0 amide bonds. The third kappa shape index (κ3) is 5.09. The summed E-state index contributed by atoms with van der Waals surface area (Å²) in [5.74, 6) is 0.911. The van der Waals surface area contributed by atoms with Crippen LogP contribution in [0.4, 0.5) is 5.69 Å². The quantitative estimate of drug-likeness (QED) is 0.472. The first-order valence-electron chi connectivity index (χ1n) is 7.97. The summed E-state index contributed by atoms with van der Waals surface area (Å²) in [6.07, 6.45) is 4.04. The van der Waals surface area contributed by atoms with E-state index in [9.17, 15) is 13.2 Å². The number of hydrogen-bond donors (Lipinski definition) is 1. The van der Waals surface area contributed by atoms with Gasteiger partial charge in [-0.25, -0.2) is 8.42 Å². The average molecular weight is 402 g/mol. The Hall–Kier alpha value is -2.83. The molecule has 138 valence electrons. The first-order chi connectivity index (χ1) is 12.8. The van der Waals surface area contributed by atoms with Crippen LogP contribution in [0, 0.1) is 0 Å². The van der Waals surface area contributed by atoms with E-state index in [1.165, 1.54) is 18.2 Å². The Bertz CT molecular complexity index is 1100. The van der Waals surface area contributed by atoms with Crippen molar-refractivity contribution in [2.45, 2.75) is 0 Å². The number of carbonyl (C=O) groups excluding carboxylic acids is 1. The van der Waals surface area contributed by atoms with E-state index in [2.05, 4.69) is 4.72 Å². The molecule has 0 radical (unpaired) electrons. The Morgan fingerprint density at radius 2 is 1.74 bits per heavy atom. The fraction of sp³-hybridized carbons (Fsp3) is 0.0500. The van der Waals surface area contributed by atoms with E-state index in [4.69, 9.17) is 16.0 Å². The molecular weight excluding hydrogens is 386 g/mol. The Balaban J connectivity index is 1.71. The summed E-state index contributed by atoms with van der Waals surface area (Å²) in [6, 6.07) is 17.0. The zero-order valence-corrected chi connectivity index (χ0v) is 15.9. The number of allylic oxidation sites excluding steroid dienone is 1. The van der Waals surface area contributed by atoms with Crippen LogP contribution in [0.5, 0.6) is 0 Å². The van der Waals surface area contributed by atoms with Crippen LogP contribution in [0.1, 0.15) is 16.1 Å². The van der Waals surface area contributed by atoms with Crippen LogP contribution in [-0.2, 0) is 10.0 Å². The first-order valence-corrected chi connectivity index (χ1v) is 10.2. The monoisotopic (exact) mass is 401 g/mol. The second kappa shape index (κ2) is 7.82. The topological polar surface area (TPSA) is 76.4 Å². The SMILES string of the molecule is CS(=O)(=O)Nc1ccc(C(=O)/C=C/c2ccc(-c3ccccc3Cl)o2)cc1. The molecule has 0 aliphatic carbocycles. The van der Waals surface area contributed by atoms with E-state index < -0.39 is 10.0 Å². The third-order valence-electron chi connectivity index (χ3n) is 3.64. The van der Waals surface area contributed by atoms with Gasteiger partial charge in [-0.3, -0.25) is 9.52 Å². The lowest BCUT2D eigenvalue weighted by atomic mass is 10.1. The molecule has 0 unspecified atom stereocenters. The van der Waals surface area contributed by atoms with Gasteiger partial charge in [0.05, 0.1) is 11.3 Å². The van der Waals surface area contributed by atoms with E-state index in [0.717, 1.165) is 11.8 Å². The Kier molecular flexibility index (Phi) is 5.48. The average Bonchev–Trinajstić information content (AvgIpc) is 3.08. The standard InChI is InChI=1S/C20H16ClNO4S/c1-27(24,25)22-15-8-6-14(7-9-15)19(23)12-10-16-11-13-20(26-16)17-4-2-3-5-18(17)21/h2-13,22H,1H3/b12-10+. The van der Waals surface area contributed by atoms with Crippen molar-refractivity contribution < 1.29 is 17.6 Å². The minimum atomic E-state index is -3.35. The molecule has 0 saturated heterocycles. The van der Waals surface area contributed by atoms with Gasteiger partial charge < -0.3 is 4.42 Å². The number of nitrogens with one attached hydrogen (secondary N) is 1. The second-order valence-electron chi connectivity index (χ2n) is 5.83. The van der Waals surface area contributed by atoms with Gasteiger partial charge >= 0.3 is 0 Å². The lowest BCUT2D eigenvalue weighted by Gasteiger charge is -2.03. The summed E-state index contributed by atoms with van der Waals surface area (Å²) in [4.78, 5) is 12.3. The highest BCUT2D eigenvalue weighted by atomic mass is 35.5. The fourth-order valence-corrected chi connectivity index (χ4v) is 3.21. The van der Waals surface area contributed by atoms with Crippen molar-refractivity contribution >= 4 is 39.2 Å². The van der Waals surface area contributed by atoms with Gasteiger partial charge in [0.15, 0.2) is 5.78 Å². The summed E-state index contributed by atoms with van der Waals surface area (Å²) >= 11 is 6.15. The molecule has 0 spiro atoms. The predicted molar refractivity (Wildman–Crippen MR) is 107 cm³/mol. The van der Waals surface area contributed by atoms with E-state index in [-0.39, 0.29) is 5.78 Å². The van der Waals surface area contributed by atoms with Crippen LogP contribution in [0.25, 0.3) is 17.4 Å². The number of benzene rings is 2. The maximum Gasteiger partial charge on any atom is 0.229 e. The summed E-state index contributed by atoms with van der Waals surface area (Å²) in [7, 11) is -3.35. The van der Waals surface area contributed by atoms with Crippen molar-refractivity contribution in [1.82, 2.24) is 0 Å². The fourth-order valence-electron chi connectivity index (χ4n) is 2.42. The minimum absolute atomic E-state index is 0.225. The normalized spacial score (nSPS) is 11.6. The van der Waals surface area contributed by atoms with Gasteiger partial charge in [-0.2, -0.15) is 0 Å². The van der Waals surface area contributed by atoms with Crippen molar-refractivity contribution in [2.24, 2.45) is 0 Å². The van der Waals surface area contributed by atoms with Crippen LogP contribution in [0.15, 0.2) is 71.2 Å². The van der Waals surface area contributed by atoms with Crippen LogP contribution in [0.3, 0.4) is 0 Å². The summed E-state index contributed by atoms with van der Waals surface area (Å²) in [6.45, 7) is 0. The van der Waals surface area contributed by atoms with Crippen molar-refractivity contribution in [3.05, 3.63) is 83.1 Å². The maximum atomic E-state index is 12.3. The number of hydrogen-bond acceptors (Lipinski definition) is 4. The largest absolute Gasteiger partial charge is 0.457 e. The van der Waals surface area contributed by atoms with Crippen LogP contribution < -0.4 is 4.72 Å². The molecule has 1 aromatic heterocycles. The Labute approximate surface area is 162 Å². The number of ketones is 1. The Morgan fingerprint density at radius 3 is 2.41 bits per heavy atom. The lowest BCUT2D eigenvalue weighted by Crippen LogP contribution is -2.09. The Morgan fingerprint density at radius 1 is 1.04 bits per heavy atom. The molecule has 0 fully saturated rings. The molecule has 3 aromatic rings. The molecule has 5 nitrogen and oxygen atoms in total. The molecule has 1 N–H and O–H groups in total. The highest BCUT2D eigenvalue weighted by Crippen LogP contribution is 2.29. The van der Waals surface area contributed by atoms with Gasteiger partial charge in [-0.15, -0.1) is 0 Å². The maximum absolute atomic E-state index is 12.3. The number of furan rings is 1. The number of anilines is 1. The number of rotatable bonds is 6. The predicted octanol–water partition coefficient (Wildman–Crippen LogP) is 4.87. The molecule has 7 heteroatoms. The highest BCUT2D eigenvalue weighted by Gasteiger charge is 2.08. The number of halogens is 1. The van der Waals surface area contributed by atoms with E-state index in [1.807, 2.05) is 18.2 Å². The molecule has 0 saturated carbocycles. The molecule has 0 aliphatic heterocycles. The van der Waals surface area contributed by atoms with Crippen molar-refractivity contribution in [3.8, 4) is 11.3 Å². The van der Waals surface area contributed by atoms with Crippen LogP contribution in [0.2, 0.25) is 5.02 Å². The molecule has 0 atom stereocenters. The second-order valence-corrected chi connectivity index (χ2v) is 7.99. The third-order valence-corrected chi connectivity index (χ3v) is 4.57. The lowest BCUT2D eigenvalue weighted by molar-refractivity contribution is 0.104. The van der Waals surface area contributed by atoms with Gasteiger partial charge in [0.1, 0.15) is 11.5 Å². The van der Waals surface area contributed by atoms with Gasteiger partial charge in [-0.05, 0) is 60.7 Å². The molecule has 1 heterocycles. The van der Waals surface area contributed by atoms with E-state index in [0.29, 0.717) is 27.8 Å². The van der Waals surface area contributed by atoms with E-state index in [1.54, 1.807) is 36.4 Å². The van der Waals surface area contributed by atoms with Gasteiger partial charge in [-0.1, -0.05) is 23.7 Å². The first kappa shape index (κ1) is 18.9. The molecular formula is C20H16ClNO4S.